The van der Waals surface area contributed by atoms with Crippen molar-refractivity contribution in [3.05, 3.63) is 120 Å². The topological polar surface area (TPSA) is 228 Å². The fourth-order valence-corrected chi connectivity index (χ4v) is 3.26. The van der Waals surface area contributed by atoms with E-state index in [1.54, 1.807) is 7.11 Å². The number of carbonyl (C=O) groups excluding carboxylic acids is 3. The first-order chi connectivity index (χ1) is 23.4. The van der Waals surface area contributed by atoms with Gasteiger partial charge in [0.2, 0.25) is 0 Å². The Hall–Kier alpha value is -5.86. The Morgan fingerprint density at radius 1 is 0.686 bits per heavy atom. The average Bonchev–Trinajstić information content (AvgIpc) is 3.60. The normalized spacial score (nSPS) is 9.86. The molecule has 5 N–H and O–H groups in total. The van der Waals surface area contributed by atoms with Gasteiger partial charge in [-0.2, -0.15) is 0 Å². The van der Waals surface area contributed by atoms with E-state index in [2.05, 4.69) is 87.6 Å². The molecule has 0 aliphatic carbocycles. The lowest BCUT2D eigenvalue weighted by atomic mass is 10.1. The highest BCUT2D eigenvalue weighted by Gasteiger charge is 2.11. The lowest BCUT2D eigenvalue weighted by Crippen LogP contribution is -2.30. The zero-order valence-corrected chi connectivity index (χ0v) is 27.5. The number of carbonyl (C=O) groups is 6. The fourth-order valence-electron chi connectivity index (χ4n) is 3.26. The summed E-state index contributed by atoms with van der Waals surface area (Å²) in [4.78, 5) is 58.6. The van der Waals surface area contributed by atoms with E-state index in [4.69, 9.17) is 54.9 Å². The van der Waals surface area contributed by atoms with E-state index in [9.17, 15) is 0 Å². The molecule has 0 bridgehead atoms. The summed E-state index contributed by atoms with van der Waals surface area (Å²) >= 11 is 0. The average molecular weight is 715 g/mol. The Bertz CT molecular complexity index is 1250. The zero-order chi connectivity index (χ0) is 37.3. The van der Waals surface area contributed by atoms with Crippen molar-refractivity contribution in [1.82, 2.24) is 9.80 Å². The van der Waals surface area contributed by atoms with Crippen LogP contribution in [0.25, 0.3) is 0 Å². The number of aliphatic carboxylic acids is 4. The van der Waals surface area contributed by atoms with Crippen LogP contribution < -0.4 is 10.8 Å². The van der Waals surface area contributed by atoms with Crippen molar-refractivity contribution in [2.45, 2.75) is 41.2 Å². The number of hydrogen-bond donors (Lipinski definition) is 4. The summed E-state index contributed by atoms with van der Waals surface area (Å²) in [5.74, 6) is -7.66. The minimum absolute atomic E-state index is 0. The van der Waals surface area contributed by atoms with Crippen LogP contribution >= 0.6 is 0 Å². The number of methoxy groups -OCH3 is 1. The van der Waals surface area contributed by atoms with Crippen molar-refractivity contribution >= 4 is 36.4 Å². The van der Waals surface area contributed by atoms with Gasteiger partial charge in [-0.1, -0.05) is 106 Å². The number of carboxylic acids is 4. The smallest absolute Gasteiger partial charge is 0.414 e. The van der Waals surface area contributed by atoms with Gasteiger partial charge >= 0.3 is 17.9 Å². The molecule has 51 heavy (non-hydrogen) atoms. The predicted octanol–water partition coefficient (Wildman–Crippen LogP) is 2.95. The van der Waals surface area contributed by atoms with E-state index in [1.807, 2.05) is 37.3 Å². The summed E-state index contributed by atoms with van der Waals surface area (Å²) in [5, 5.41) is 31.1. The van der Waals surface area contributed by atoms with Crippen molar-refractivity contribution in [1.29, 1.82) is 0 Å². The van der Waals surface area contributed by atoms with Gasteiger partial charge in [-0.3, -0.25) is 9.59 Å². The molecule has 14 heteroatoms. The van der Waals surface area contributed by atoms with Crippen LogP contribution in [-0.4, -0.2) is 95.0 Å². The minimum atomic E-state index is -2.07. The highest BCUT2D eigenvalue weighted by Crippen LogP contribution is 2.10. The molecule has 282 valence electrons. The van der Waals surface area contributed by atoms with Gasteiger partial charge in [-0.25, -0.2) is 14.4 Å². The Labute approximate surface area is 300 Å². The maximum Gasteiger partial charge on any atom is 0.414 e. The van der Waals surface area contributed by atoms with Crippen LogP contribution in [0.4, 0.5) is 0 Å². The molecule has 0 fully saturated rings. The second-order valence-electron chi connectivity index (χ2n) is 9.28. The van der Waals surface area contributed by atoms with Gasteiger partial charge < -0.3 is 45.5 Å². The predicted molar refractivity (Wildman–Crippen MR) is 193 cm³/mol. The summed E-state index contributed by atoms with van der Waals surface area (Å²) in [6.07, 6.45) is 7.04. The van der Waals surface area contributed by atoms with E-state index in [0.29, 0.717) is 6.54 Å². The molecule has 4 rings (SSSR count). The van der Waals surface area contributed by atoms with Crippen LogP contribution in [-0.2, 0) is 52.9 Å². The summed E-state index contributed by atoms with van der Waals surface area (Å²) in [6.45, 7) is 6.60. The highest BCUT2D eigenvalue weighted by atomic mass is 16.5. The minimum Gasteiger partial charge on any atom is -0.539 e. The number of carboxylic acid groups (broad SMARTS) is 4. The molecule has 0 radical (unpaired) electrons. The molecule has 0 atom stereocenters. The van der Waals surface area contributed by atoms with E-state index in [-0.39, 0.29) is 27.4 Å². The van der Waals surface area contributed by atoms with Gasteiger partial charge in [-0.15, -0.1) is 0 Å². The maximum absolute atomic E-state index is 9.10. The molecule has 0 amide bonds. The molecule has 0 saturated carbocycles. The quantitative estimate of drug-likeness (QED) is 0.185. The standard InChI is InChI=1S/C19H22N2.C7H9N.C3H8O.2C2H2O4.C2H2O2.2CH4/c1-3-7-18(8-4-1)11-13-20-15-16-21(17-20)14-12-19-9-5-2-6-10-19;8-6-7-4-2-1-3-5-7;1-3-4-2;2*3-1(4)2(5)6;3-1-2-4;;/h1-10,15-16H,11-14,17H2;1-5H,6,8H2;3H2,1-2H3;2*(H,3,4)(H,5,6);1-2H;2*1H4/p-1. The van der Waals surface area contributed by atoms with Crippen molar-refractivity contribution < 1.29 is 53.9 Å². The monoisotopic (exact) mass is 714 g/mol. The summed E-state index contributed by atoms with van der Waals surface area (Å²) in [6, 6.07) is 31.4. The van der Waals surface area contributed by atoms with Gasteiger partial charge in [0.1, 0.15) is 0 Å². The first-order valence-corrected chi connectivity index (χ1v) is 14.7. The van der Waals surface area contributed by atoms with Gasteiger partial charge in [0.15, 0.2) is 18.5 Å². The lowest BCUT2D eigenvalue weighted by molar-refractivity contribution is -0.303. The molecule has 3 aromatic rings. The molecule has 1 aliphatic rings. The largest absolute Gasteiger partial charge is 0.539 e. The van der Waals surface area contributed by atoms with Crippen LogP contribution in [0, 0.1) is 0 Å². The Kier molecular flexibility index (Phi) is 36.1. The van der Waals surface area contributed by atoms with Crippen molar-refractivity contribution in [3.8, 4) is 0 Å². The van der Waals surface area contributed by atoms with Crippen molar-refractivity contribution in [2.24, 2.45) is 5.73 Å². The molecular weight excluding hydrogens is 662 g/mol. The van der Waals surface area contributed by atoms with Gasteiger partial charge in [-0.05, 0) is 36.5 Å². The third-order valence-electron chi connectivity index (χ3n) is 5.69. The van der Waals surface area contributed by atoms with Gasteiger partial charge in [0.05, 0.1) is 6.67 Å². The number of ether oxygens (including phenoxy) is 1. The molecule has 14 nitrogen and oxygen atoms in total. The number of rotatable bonds is 9. The molecule has 1 heterocycles. The Morgan fingerprint density at radius 2 is 0.980 bits per heavy atom. The molecule has 0 aromatic heterocycles. The van der Waals surface area contributed by atoms with Gasteiger partial charge in [0.25, 0.3) is 0 Å². The molecule has 0 saturated heterocycles. The number of nitrogens with zero attached hydrogens (tertiary/aromatic N) is 2. The summed E-state index contributed by atoms with van der Waals surface area (Å²) in [7, 11) is 1.68. The summed E-state index contributed by atoms with van der Waals surface area (Å²) < 4.78 is 4.54. The zero-order valence-electron chi connectivity index (χ0n) is 27.5. The van der Waals surface area contributed by atoms with Crippen molar-refractivity contribution in [2.75, 3.05) is 33.5 Å². The van der Waals surface area contributed by atoms with E-state index < -0.39 is 23.9 Å². The molecule has 0 spiro atoms. The second-order valence-corrected chi connectivity index (χ2v) is 9.28. The van der Waals surface area contributed by atoms with Crippen LogP contribution in [0.1, 0.15) is 38.5 Å². The van der Waals surface area contributed by atoms with Crippen molar-refractivity contribution in [3.63, 3.8) is 0 Å². The van der Waals surface area contributed by atoms with E-state index >= 15 is 0 Å². The first kappa shape index (κ1) is 52.0. The second kappa shape index (κ2) is 35.4. The van der Waals surface area contributed by atoms with Gasteiger partial charge in [0, 0.05) is 45.8 Å². The SMILES string of the molecule is C.C.C1=CN(CCc2ccccc2)CN1CCc1ccccc1.CCOC.NCc1ccccc1.O=C(O)C(=O)O.O=C([O-])C(=O)O.O=CC=O. The number of nitrogens with two attached hydrogens (primary N) is 1. The summed E-state index contributed by atoms with van der Waals surface area (Å²) in [5.41, 5.74) is 9.36. The van der Waals surface area contributed by atoms with Crippen LogP contribution in [0.3, 0.4) is 0 Å². The lowest BCUT2D eigenvalue weighted by Gasteiger charge is -2.21. The Morgan fingerprint density at radius 3 is 1.18 bits per heavy atom. The van der Waals surface area contributed by atoms with Crippen LogP contribution in [0.2, 0.25) is 0 Å². The third-order valence-corrected chi connectivity index (χ3v) is 5.69. The Balaban J connectivity index is -0.000000306. The first-order valence-electron chi connectivity index (χ1n) is 14.7. The fraction of sp³-hybridized carbons (Fsp3) is 0.297. The maximum atomic E-state index is 9.10. The van der Waals surface area contributed by atoms with E-state index in [1.165, 1.54) is 16.7 Å². The van der Waals surface area contributed by atoms with Crippen LogP contribution in [0.5, 0.6) is 0 Å². The molecule has 1 aliphatic heterocycles. The molecule has 3 aromatic carbocycles. The van der Waals surface area contributed by atoms with Crippen LogP contribution in [0.15, 0.2) is 103 Å². The number of hydrogen-bond acceptors (Lipinski definition) is 11. The molecular formula is C37H52N3O11-. The number of benzene rings is 3. The highest BCUT2D eigenvalue weighted by molar-refractivity contribution is 6.27. The molecule has 0 unspecified atom stereocenters. The third kappa shape index (κ3) is 32.5. The number of aldehydes is 2. The van der Waals surface area contributed by atoms with E-state index in [0.717, 1.165) is 39.2 Å².